The first-order chi connectivity index (χ1) is 12.1. The van der Waals surface area contributed by atoms with Gasteiger partial charge in [0.05, 0.1) is 4.92 Å². The molecule has 1 fully saturated rings. The number of hydrogen-bond donors (Lipinski definition) is 1. The third-order valence-electron chi connectivity index (χ3n) is 4.15. The van der Waals surface area contributed by atoms with Crippen LogP contribution in [-0.2, 0) is 0 Å². The van der Waals surface area contributed by atoms with Crippen LogP contribution in [0.15, 0.2) is 42.5 Å². The highest BCUT2D eigenvalue weighted by atomic mass is 35.5. The van der Waals surface area contributed by atoms with Gasteiger partial charge in [0.1, 0.15) is 18.0 Å². The van der Waals surface area contributed by atoms with Gasteiger partial charge in [-0.05, 0) is 49.2 Å². The van der Waals surface area contributed by atoms with E-state index in [4.69, 9.17) is 16.3 Å². The molecule has 0 atom stereocenters. The molecule has 0 aromatic heterocycles. The number of nitro groups is 1. The minimum Gasteiger partial charge on any atom is -0.492 e. The van der Waals surface area contributed by atoms with Gasteiger partial charge < -0.3 is 15.0 Å². The molecule has 6 nitrogen and oxygen atoms in total. The quantitative estimate of drug-likeness (QED) is 0.451. The Labute approximate surface area is 151 Å². The molecule has 132 valence electrons. The van der Waals surface area contributed by atoms with Crippen molar-refractivity contribution in [3.63, 3.8) is 0 Å². The van der Waals surface area contributed by atoms with Crippen LogP contribution in [0.5, 0.6) is 5.75 Å². The molecule has 0 spiro atoms. The lowest BCUT2D eigenvalue weighted by Crippen LogP contribution is -2.18. The predicted octanol–water partition coefficient (Wildman–Crippen LogP) is 4.34. The largest absolute Gasteiger partial charge is 0.492 e. The number of benzene rings is 2. The summed E-state index contributed by atoms with van der Waals surface area (Å²) in [6, 6.07) is 12.3. The van der Waals surface area contributed by atoms with Gasteiger partial charge in [0.2, 0.25) is 0 Å². The molecule has 25 heavy (non-hydrogen) atoms. The van der Waals surface area contributed by atoms with E-state index in [1.807, 2.05) is 12.1 Å². The van der Waals surface area contributed by atoms with Gasteiger partial charge in [-0.1, -0.05) is 11.6 Å². The highest BCUT2D eigenvalue weighted by molar-refractivity contribution is 6.30. The number of halogens is 1. The lowest BCUT2D eigenvalue weighted by atomic mass is 10.2. The Hall–Kier alpha value is -2.47. The van der Waals surface area contributed by atoms with E-state index >= 15 is 0 Å². The van der Waals surface area contributed by atoms with Gasteiger partial charge in [0.25, 0.3) is 5.69 Å². The number of hydrogen-bond acceptors (Lipinski definition) is 5. The molecule has 2 aromatic carbocycles. The molecular formula is C18H20ClN3O3. The lowest BCUT2D eigenvalue weighted by Gasteiger charge is -2.19. The Morgan fingerprint density at radius 3 is 2.56 bits per heavy atom. The standard InChI is InChI=1S/C18H20ClN3O3/c19-14-3-6-16(7-4-14)25-12-9-20-17-13-15(21-10-1-2-11-21)5-8-18(17)22(23)24/h3-8,13,20H,1-2,9-12H2. The molecule has 2 aromatic rings. The molecular weight excluding hydrogens is 342 g/mol. The average molecular weight is 362 g/mol. The van der Waals surface area contributed by atoms with Crippen LogP contribution in [-0.4, -0.2) is 31.2 Å². The molecule has 0 aliphatic carbocycles. The van der Waals surface area contributed by atoms with E-state index in [0.29, 0.717) is 29.6 Å². The number of ether oxygens (including phenoxy) is 1. The molecule has 1 aliphatic rings. The van der Waals surface area contributed by atoms with Gasteiger partial charge in [-0.25, -0.2) is 0 Å². The minimum absolute atomic E-state index is 0.0782. The minimum atomic E-state index is -0.365. The van der Waals surface area contributed by atoms with Crippen LogP contribution in [0.3, 0.4) is 0 Å². The van der Waals surface area contributed by atoms with Crippen molar-refractivity contribution in [2.24, 2.45) is 0 Å². The molecule has 1 aliphatic heterocycles. The summed E-state index contributed by atoms with van der Waals surface area (Å²) in [6.07, 6.45) is 2.32. The summed E-state index contributed by atoms with van der Waals surface area (Å²) in [4.78, 5) is 13.1. The number of nitrogens with one attached hydrogen (secondary N) is 1. The Balaban J connectivity index is 1.62. The third kappa shape index (κ3) is 4.54. The fourth-order valence-electron chi connectivity index (χ4n) is 2.88. The van der Waals surface area contributed by atoms with Crippen molar-refractivity contribution in [1.29, 1.82) is 0 Å². The van der Waals surface area contributed by atoms with E-state index in [2.05, 4.69) is 10.2 Å². The van der Waals surface area contributed by atoms with Gasteiger partial charge in [0, 0.05) is 36.4 Å². The molecule has 0 bridgehead atoms. The van der Waals surface area contributed by atoms with E-state index in [0.717, 1.165) is 31.6 Å². The SMILES string of the molecule is O=[N+]([O-])c1ccc(N2CCCC2)cc1NCCOc1ccc(Cl)cc1. The van der Waals surface area contributed by atoms with Crippen molar-refractivity contribution in [3.05, 3.63) is 57.6 Å². The summed E-state index contributed by atoms with van der Waals surface area (Å²) in [5, 5.41) is 15.0. The smallest absolute Gasteiger partial charge is 0.292 e. The molecule has 7 heteroatoms. The topological polar surface area (TPSA) is 67.6 Å². The van der Waals surface area contributed by atoms with Crippen molar-refractivity contribution in [2.75, 3.05) is 36.5 Å². The van der Waals surface area contributed by atoms with Gasteiger partial charge in [0.15, 0.2) is 0 Å². The predicted molar refractivity (Wildman–Crippen MR) is 100.0 cm³/mol. The van der Waals surface area contributed by atoms with Crippen LogP contribution in [0.2, 0.25) is 5.02 Å². The number of nitro benzene ring substituents is 1. The molecule has 0 saturated carbocycles. The summed E-state index contributed by atoms with van der Waals surface area (Å²) in [5.41, 5.74) is 1.62. The fraction of sp³-hybridized carbons (Fsp3) is 0.333. The van der Waals surface area contributed by atoms with E-state index in [9.17, 15) is 10.1 Å². The summed E-state index contributed by atoms with van der Waals surface area (Å²) in [7, 11) is 0. The zero-order valence-electron chi connectivity index (χ0n) is 13.8. The van der Waals surface area contributed by atoms with Crippen molar-refractivity contribution < 1.29 is 9.66 Å². The molecule has 3 rings (SSSR count). The fourth-order valence-corrected chi connectivity index (χ4v) is 3.01. The number of nitrogens with zero attached hydrogens (tertiary/aromatic N) is 2. The second-order valence-electron chi connectivity index (χ2n) is 5.88. The van der Waals surface area contributed by atoms with Crippen LogP contribution in [0.4, 0.5) is 17.1 Å². The third-order valence-corrected chi connectivity index (χ3v) is 4.40. The van der Waals surface area contributed by atoms with Crippen molar-refractivity contribution in [3.8, 4) is 5.75 Å². The summed E-state index contributed by atoms with van der Waals surface area (Å²) >= 11 is 5.83. The van der Waals surface area contributed by atoms with Gasteiger partial charge in [-0.3, -0.25) is 10.1 Å². The second-order valence-corrected chi connectivity index (χ2v) is 6.32. The number of anilines is 2. The molecule has 0 radical (unpaired) electrons. The lowest BCUT2D eigenvalue weighted by molar-refractivity contribution is -0.383. The Morgan fingerprint density at radius 2 is 1.88 bits per heavy atom. The van der Waals surface area contributed by atoms with Gasteiger partial charge in [-0.2, -0.15) is 0 Å². The molecule has 1 N–H and O–H groups in total. The first-order valence-electron chi connectivity index (χ1n) is 8.29. The van der Waals surface area contributed by atoms with Gasteiger partial charge >= 0.3 is 0 Å². The number of rotatable bonds is 7. The maximum absolute atomic E-state index is 11.2. The Bertz CT molecular complexity index is 731. The monoisotopic (exact) mass is 361 g/mol. The van der Waals surface area contributed by atoms with E-state index < -0.39 is 0 Å². The zero-order chi connectivity index (χ0) is 17.6. The van der Waals surface area contributed by atoms with E-state index in [-0.39, 0.29) is 10.6 Å². The van der Waals surface area contributed by atoms with Crippen LogP contribution in [0.1, 0.15) is 12.8 Å². The van der Waals surface area contributed by atoms with Gasteiger partial charge in [-0.15, -0.1) is 0 Å². The second kappa shape index (κ2) is 8.07. The van der Waals surface area contributed by atoms with Crippen molar-refractivity contribution >= 4 is 28.7 Å². The van der Waals surface area contributed by atoms with Crippen LogP contribution in [0, 0.1) is 10.1 Å². The summed E-state index contributed by atoms with van der Waals surface area (Å²) in [6.45, 7) is 2.85. The van der Waals surface area contributed by atoms with E-state index in [1.165, 1.54) is 0 Å². The van der Waals surface area contributed by atoms with Crippen LogP contribution < -0.4 is 15.0 Å². The molecule has 0 amide bonds. The highest BCUT2D eigenvalue weighted by Crippen LogP contribution is 2.31. The Morgan fingerprint density at radius 1 is 1.16 bits per heavy atom. The summed E-state index contributed by atoms with van der Waals surface area (Å²) < 4.78 is 5.61. The molecule has 1 saturated heterocycles. The summed E-state index contributed by atoms with van der Waals surface area (Å²) in [5.74, 6) is 0.714. The maximum Gasteiger partial charge on any atom is 0.292 e. The first-order valence-corrected chi connectivity index (χ1v) is 8.67. The average Bonchev–Trinajstić information content (AvgIpc) is 3.14. The maximum atomic E-state index is 11.2. The normalized spacial score (nSPS) is 13.7. The Kier molecular flexibility index (Phi) is 5.60. The molecule has 0 unspecified atom stereocenters. The van der Waals surface area contributed by atoms with Crippen molar-refractivity contribution in [1.82, 2.24) is 0 Å². The first kappa shape index (κ1) is 17.4. The highest BCUT2D eigenvalue weighted by Gasteiger charge is 2.18. The van der Waals surface area contributed by atoms with E-state index in [1.54, 1.807) is 30.3 Å². The molecule has 1 heterocycles. The van der Waals surface area contributed by atoms with Crippen LogP contribution >= 0.6 is 11.6 Å². The van der Waals surface area contributed by atoms with Crippen molar-refractivity contribution in [2.45, 2.75) is 12.8 Å². The zero-order valence-corrected chi connectivity index (χ0v) is 14.5. The van der Waals surface area contributed by atoms with Crippen LogP contribution in [0.25, 0.3) is 0 Å².